The quantitative estimate of drug-likeness (QED) is 0.646. The van der Waals surface area contributed by atoms with Crippen molar-refractivity contribution < 1.29 is 9.53 Å². The van der Waals surface area contributed by atoms with Crippen LogP contribution in [0.2, 0.25) is 0 Å². The van der Waals surface area contributed by atoms with Crippen LogP contribution in [0.3, 0.4) is 0 Å². The van der Waals surface area contributed by atoms with E-state index in [1.807, 2.05) is 24.3 Å². The zero-order chi connectivity index (χ0) is 12.8. The molecule has 0 saturated carbocycles. The van der Waals surface area contributed by atoms with Crippen LogP contribution in [0.1, 0.15) is 25.5 Å². The van der Waals surface area contributed by atoms with E-state index in [0.29, 0.717) is 5.25 Å². The van der Waals surface area contributed by atoms with E-state index in [4.69, 9.17) is 4.74 Å². The van der Waals surface area contributed by atoms with Crippen molar-refractivity contribution in [3.8, 4) is 0 Å². The van der Waals surface area contributed by atoms with Gasteiger partial charge in [0.2, 0.25) is 0 Å². The smallest absolute Gasteiger partial charge is 0.327 e. The zero-order valence-electron chi connectivity index (χ0n) is 10.7. The van der Waals surface area contributed by atoms with Gasteiger partial charge in [0.25, 0.3) is 0 Å². The molecule has 0 saturated heterocycles. The minimum Gasteiger partial charge on any atom is -0.468 e. The molecule has 94 valence electrons. The molecule has 17 heavy (non-hydrogen) atoms. The molecule has 0 spiro atoms. The van der Waals surface area contributed by atoms with Crippen molar-refractivity contribution in [2.24, 2.45) is 0 Å². The van der Waals surface area contributed by atoms with Crippen molar-refractivity contribution >= 4 is 17.7 Å². The van der Waals surface area contributed by atoms with Gasteiger partial charge in [0, 0.05) is 10.1 Å². The molecular formula is C13H19NO2S. The topological polar surface area (TPSA) is 38.3 Å². The third-order valence-electron chi connectivity index (χ3n) is 2.31. The summed E-state index contributed by atoms with van der Waals surface area (Å²) in [6, 6.07) is 7.60. The first-order valence-corrected chi connectivity index (χ1v) is 6.48. The van der Waals surface area contributed by atoms with Crippen molar-refractivity contribution in [3.63, 3.8) is 0 Å². The van der Waals surface area contributed by atoms with Gasteiger partial charge in [0.15, 0.2) is 0 Å². The lowest BCUT2D eigenvalue weighted by molar-refractivity contribution is -0.143. The highest BCUT2D eigenvalue weighted by Gasteiger charge is 2.18. The Kier molecular flexibility index (Phi) is 5.51. The molecule has 0 fully saturated rings. The van der Waals surface area contributed by atoms with E-state index in [1.54, 1.807) is 18.8 Å². The average Bonchev–Trinajstić information content (AvgIpc) is 2.31. The van der Waals surface area contributed by atoms with Crippen LogP contribution in [0.4, 0.5) is 0 Å². The number of rotatable bonds is 5. The van der Waals surface area contributed by atoms with E-state index in [0.717, 1.165) is 5.56 Å². The molecular weight excluding hydrogens is 234 g/mol. The minimum atomic E-state index is -0.391. The Morgan fingerprint density at radius 3 is 2.29 bits per heavy atom. The van der Waals surface area contributed by atoms with Crippen LogP contribution in [0.25, 0.3) is 0 Å². The lowest BCUT2D eigenvalue weighted by atomic mass is 10.1. The molecule has 3 nitrogen and oxygen atoms in total. The average molecular weight is 253 g/mol. The van der Waals surface area contributed by atoms with Gasteiger partial charge in [-0.25, -0.2) is 4.79 Å². The van der Waals surface area contributed by atoms with Gasteiger partial charge in [-0.05, 0) is 24.7 Å². The molecule has 0 aliphatic carbocycles. The molecule has 0 bridgehead atoms. The maximum Gasteiger partial charge on any atom is 0.327 e. The number of methoxy groups -OCH3 is 1. The number of thioether (sulfide) groups is 1. The SMILES string of the molecule is CNC(C(=O)OC)c1ccc(SC(C)C)cc1. The Labute approximate surface area is 107 Å². The number of hydrogen-bond acceptors (Lipinski definition) is 4. The first-order chi connectivity index (χ1) is 8.08. The number of likely N-dealkylation sites (N-methyl/N-ethyl adjacent to an activating group) is 1. The van der Waals surface area contributed by atoms with Gasteiger partial charge in [-0.1, -0.05) is 26.0 Å². The number of hydrogen-bond donors (Lipinski definition) is 1. The highest BCUT2D eigenvalue weighted by Crippen LogP contribution is 2.24. The molecule has 4 heteroatoms. The second-order valence-electron chi connectivity index (χ2n) is 3.98. The summed E-state index contributed by atoms with van der Waals surface area (Å²) >= 11 is 1.80. The molecule has 1 N–H and O–H groups in total. The number of nitrogens with one attached hydrogen (secondary N) is 1. The minimum absolute atomic E-state index is 0.267. The molecule has 1 aromatic rings. The Morgan fingerprint density at radius 2 is 1.88 bits per heavy atom. The third-order valence-corrected chi connectivity index (χ3v) is 3.33. The summed E-state index contributed by atoms with van der Waals surface area (Å²) in [5.74, 6) is -0.267. The fraction of sp³-hybridized carbons (Fsp3) is 0.462. The van der Waals surface area contributed by atoms with Gasteiger partial charge < -0.3 is 10.1 Å². The number of esters is 1. The van der Waals surface area contributed by atoms with E-state index >= 15 is 0 Å². The number of benzene rings is 1. The van der Waals surface area contributed by atoms with Crippen LogP contribution < -0.4 is 5.32 Å². The molecule has 1 rings (SSSR count). The van der Waals surface area contributed by atoms with Crippen molar-refractivity contribution in [1.29, 1.82) is 0 Å². The Balaban J connectivity index is 2.81. The summed E-state index contributed by atoms with van der Waals surface area (Å²) in [7, 11) is 3.15. The van der Waals surface area contributed by atoms with Crippen LogP contribution >= 0.6 is 11.8 Å². The first kappa shape index (κ1) is 14.1. The lowest BCUT2D eigenvalue weighted by Crippen LogP contribution is -2.26. The third kappa shape index (κ3) is 4.06. The number of carbonyl (C=O) groups is 1. The Hall–Kier alpha value is -1.00. The molecule has 0 aliphatic rings. The highest BCUT2D eigenvalue weighted by molar-refractivity contribution is 7.99. The maximum absolute atomic E-state index is 11.5. The van der Waals surface area contributed by atoms with Gasteiger partial charge >= 0.3 is 5.97 Å². The van der Waals surface area contributed by atoms with Gasteiger partial charge in [-0.3, -0.25) is 0 Å². The predicted octanol–water partition coefficient (Wildman–Crippen LogP) is 2.62. The predicted molar refractivity (Wildman–Crippen MR) is 71.3 cm³/mol. The van der Waals surface area contributed by atoms with Crippen molar-refractivity contribution in [2.45, 2.75) is 30.0 Å². The molecule has 1 unspecified atom stereocenters. The second-order valence-corrected chi connectivity index (χ2v) is 5.63. The normalized spacial score (nSPS) is 12.5. The molecule has 1 atom stereocenters. The van der Waals surface area contributed by atoms with E-state index < -0.39 is 6.04 Å². The number of carbonyl (C=O) groups excluding carboxylic acids is 1. The standard InChI is InChI=1S/C13H19NO2S/c1-9(2)17-11-7-5-10(6-8-11)12(14-3)13(15)16-4/h5-9,12,14H,1-4H3. The van der Waals surface area contributed by atoms with E-state index in [-0.39, 0.29) is 5.97 Å². The van der Waals surface area contributed by atoms with Gasteiger partial charge in [0.1, 0.15) is 6.04 Å². The fourth-order valence-corrected chi connectivity index (χ4v) is 2.39. The summed E-state index contributed by atoms with van der Waals surface area (Å²) in [6.07, 6.45) is 0. The van der Waals surface area contributed by atoms with Crippen LogP contribution in [-0.4, -0.2) is 25.4 Å². The lowest BCUT2D eigenvalue weighted by Gasteiger charge is -2.14. The van der Waals surface area contributed by atoms with Gasteiger partial charge in [0.05, 0.1) is 7.11 Å². The zero-order valence-corrected chi connectivity index (χ0v) is 11.5. The summed E-state index contributed by atoms with van der Waals surface area (Å²) in [5.41, 5.74) is 0.924. The molecule has 0 heterocycles. The molecule has 0 radical (unpaired) electrons. The van der Waals surface area contributed by atoms with Gasteiger partial charge in [-0.2, -0.15) is 0 Å². The Bertz CT molecular complexity index is 362. The van der Waals surface area contributed by atoms with Crippen LogP contribution in [-0.2, 0) is 9.53 Å². The maximum atomic E-state index is 11.5. The van der Waals surface area contributed by atoms with Crippen LogP contribution in [0, 0.1) is 0 Å². The molecule has 0 aromatic heterocycles. The molecule has 1 aromatic carbocycles. The number of ether oxygens (including phenoxy) is 1. The van der Waals surface area contributed by atoms with E-state index in [9.17, 15) is 4.79 Å². The molecule has 0 amide bonds. The van der Waals surface area contributed by atoms with E-state index in [2.05, 4.69) is 19.2 Å². The summed E-state index contributed by atoms with van der Waals surface area (Å²) in [4.78, 5) is 12.7. The van der Waals surface area contributed by atoms with Crippen molar-refractivity contribution in [2.75, 3.05) is 14.2 Å². The van der Waals surface area contributed by atoms with Crippen molar-refractivity contribution in [1.82, 2.24) is 5.32 Å². The van der Waals surface area contributed by atoms with Gasteiger partial charge in [-0.15, -0.1) is 11.8 Å². The highest BCUT2D eigenvalue weighted by atomic mass is 32.2. The first-order valence-electron chi connectivity index (χ1n) is 5.60. The second kappa shape index (κ2) is 6.67. The monoisotopic (exact) mass is 253 g/mol. The van der Waals surface area contributed by atoms with Crippen LogP contribution in [0.15, 0.2) is 29.2 Å². The fourth-order valence-electron chi connectivity index (χ4n) is 1.55. The molecule has 0 aliphatic heterocycles. The summed E-state index contributed by atoms with van der Waals surface area (Å²) in [6.45, 7) is 4.31. The Morgan fingerprint density at radius 1 is 1.29 bits per heavy atom. The van der Waals surface area contributed by atoms with Crippen LogP contribution in [0.5, 0.6) is 0 Å². The van der Waals surface area contributed by atoms with Crippen molar-refractivity contribution in [3.05, 3.63) is 29.8 Å². The van der Waals surface area contributed by atoms with E-state index in [1.165, 1.54) is 12.0 Å². The summed E-state index contributed by atoms with van der Waals surface area (Å²) < 4.78 is 4.75. The largest absolute Gasteiger partial charge is 0.468 e. The summed E-state index contributed by atoms with van der Waals surface area (Å²) in [5, 5.41) is 3.50.